The average Bonchev–Trinajstić information content (AvgIpc) is 2.92. The van der Waals surface area contributed by atoms with Crippen molar-refractivity contribution in [1.82, 2.24) is 14.7 Å². The van der Waals surface area contributed by atoms with E-state index < -0.39 is 12.1 Å². The molecule has 1 aliphatic rings. The SMILES string of the molecule is Cc1cc(C)n(-c2ccc(C(=O)N3CC(C(=O)O)O[C@H](C)C3)cc2)n1. The van der Waals surface area contributed by atoms with Gasteiger partial charge >= 0.3 is 5.97 Å². The van der Waals surface area contributed by atoms with Crippen LogP contribution < -0.4 is 0 Å². The van der Waals surface area contributed by atoms with E-state index in [2.05, 4.69) is 5.10 Å². The van der Waals surface area contributed by atoms with Gasteiger partial charge in [0.15, 0.2) is 6.10 Å². The van der Waals surface area contributed by atoms with E-state index in [0.717, 1.165) is 17.1 Å². The highest BCUT2D eigenvalue weighted by molar-refractivity contribution is 5.94. The summed E-state index contributed by atoms with van der Waals surface area (Å²) in [5.41, 5.74) is 3.34. The fraction of sp³-hybridized carbons (Fsp3) is 0.389. The third kappa shape index (κ3) is 3.56. The maximum atomic E-state index is 12.7. The van der Waals surface area contributed by atoms with Crippen LogP contribution in [0.3, 0.4) is 0 Å². The van der Waals surface area contributed by atoms with Crippen LogP contribution in [0.2, 0.25) is 0 Å². The zero-order valence-corrected chi connectivity index (χ0v) is 14.5. The Bertz CT molecular complexity index is 797. The minimum absolute atomic E-state index is 0.0533. The smallest absolute Gasteiger partial charge is 0.334 e. The van der Waals surface area contributed by atoms with Crippen LogP contribution in [0, 0.1) is 13.8 Å². The van der Waals surface area contributed by atoms with E-state index in [1.807, 2.05) is 36.7 Å². The van der Waals surface area contributed by atoms with Gasteiger partial charge in [0.1, 0.15) is 0 Å². The molecule has 1 fully saturated rings. The van der Waals surface area contributed by atoms with Gasteiger partial charge in [-0.05, 0) is 51.1 Å². The van der Waals surface area contributed by atoms with Crippen molar-refractivity contribution in [3.8, 4) is 5.69 Å². The van der Waals surface area contributed by atoms with E-state index in [1.54, 1.807) is 19.1 Å². The number of carbonyl (C=O) groups excluding carboxylic acids is 1. The second-order valence-corrected chi connectivity index (χ2v) is 6.37. The Hall–Kier alpha value is -2.67. The van der Waals surface area contributed by atoms with Gasteiger partial charge in [-0.25, -0.2) is 9.48 Å². The van der Waals surface area contributed by atoms with Crippen molar-refractivity contribution in [2.45, 2.75) is 33.0 Å². The highest BCUT2D eigenvalue weighted by Crippen LogP contribution is 2.17. The largest absolute Gasteiger partial charge is 0.479 e. The van der Waals surface area contributed by atoms with Gasteiger partial charge in [-0.1, -0.05) is 0 Å². The van der Waals surface area contributed by atoms with Crippen LogP contribution in [-0.2, 0) is 9.53 Å². The summed E-state index contributed by atoms with van der Waals surface area (Å²) >= 11 is 0. The van der Waals surface area contributed by atoms with Gasteiger partial charge in [-0.15, -0.1) is 0 Å². The first kappa shape index (κ1) is 17.2. The number of aryl methyl sites for hydroxylation is 2. The molecule has 3 rings (SSSR count). The van der Waals surface area contributed by atoms with Gasteiger partial charge in [-0.3, -0.25) is 4.79 Å². The molecule has 7 heteroatoms. The van der Waals surface area contributed by atoms with Crippen molar-refractivity contribution < 1.29 is 19.4 Å². The molecule has 0 aliphatic carbocycles. The zero-order chi connectivity index (χ0) is 18.1. The first-order chi connectivity index (χ1) is 11.8. The van der Waals surface area contributed by atoms with Gasteiger partial charge in [0, 0.05) is 17.8 Å². The Kier molecular flexibility index (Phi) is 4.59. The zero-order valence-electron chi connectivity index (χ0n) is 14.5. The van der Waals surface area contributed by atoms with Crippen molar-refractivity contribution in [3.05, 3.63) is 47.3 Å². The molecule has 1 amide bonds. The molecule has 2 aromatic rings. The van der Waals surface area contributed by atoms with Crippen LogP contribution in [0.4, 0.5) is 0 Å². The first-order valence-electron chi connectivity index (χ1n) is 8.16. The number of carboxylic acid groups (broad SMARTS) is 1. The van der Waals surface area contributed by atoms with Gasteiger partial charge in [-0.2, -0.15) is 5.10 Å². The lowest BCUT2D eigenvalue weighted by Crippen LogP contribution is -2.51. The Morgan fingerprint density at radius 3 is 2.44 bits per heavy atom. The van der Waals surface area contributed by atoms with E-state index in [9.17, 15) is 9.59 Å². The monoisotopic (exact) mass is 343 g/mol. The van der Waals surface area contributed by atoms with E-state index >= 15 is 0 Å². The Labute approximate surface area is 145 Å². The molecule has 1 N–H and O–H groups in total. The van der Waals surface area contributed by atoms with Crippen LogP contribution in [0.15, 0.2) is 30.3 Å². The maximum absolute atomic E-state index is 12.7. The third-order valence-electron chi connectivity index (χ3n) is 4.19. The minimum Gasteiger partial charge on any atom is -0.479 e. The maximum Gasteiger partial charge on any atom is 0.334 e. The summed E-state index contributed by atoms with van der Waals surface area (Å²) in [5.74, 6) is -1.24. The molecule has 25 heavy (non-hydrogen) atoms. The highest BCUT2D eigenvalue weighted by Gasteiger charge is 2.32. The fourth-order valence-corrected chi connectivity index (χ4v) is 3.07. The Balaban J connectivity index is 1.78. The van der Waals surface area contributed by atoms with Crippen LogP contribution in [0.25, 0.3) is 5.69 Å². The second kappa shape index (κ2) is 6.68. The lowest BCUT2D eigenvalue weighted by atomic mass is 10.1. The number of rotatable bonds is 3. The van der Waals surface area contributed by atoms with Gasteiger partial charge in [0.05, 0.1) is 24.0 Å². The van der Waals surface area contributed by atoms with Crippen LogP contribution >= 0.6 is 0 Å². The molecule has 132 valence electrons. The van der Waals surface area contributed by atoms with Gasteiger partial charge < -0.3 is 14.7 Å². The average molecular weight is 343 g/mol. The number of aromatic nitrogens is 2. The van der Waals surface area contributed by atoms with Crippen molar-refractivity contribution in [2.75, 3.05) is 13.1 Å². The summed E-state index contributed by atoms with van der Waals surface area (Å²) in [6.07, 6.45) is -1.30. The Morgan fingerprint density at radius 1 is 1.20 bits per heavy atom. The molecule has 1 saturated heterocycles. The predicted molar refractivity (Wildman–Crippen MR) is 90.9 cm³/mol. The molecule has 7 nitrogen and oxygen atoms in total. The summed E-state index contributed by atoms with van der Waals surface area (Å²) in [6.45, 7) is 6.10. The van der Waals surface area contributed by atoms with Crippen molar-refractivity contribution >= 4 is 11.9 Å². The molecular formula is C18H21N3O4. The van der Waals surface area contributed by atoms with Crippen LogP contribution in [0.5, 0.6) is 0 Å². The molecule has 0 saturated carbocycles. The number of aliphatic carboxylic acids is 1. The number of hydrogen-bond donors (Lipinski definition) is 1. The van der Waals surface area contributed by atoms with E-state index in [4.69, 9.17) is 9.84 Å². The van der Waals surface area contributed by atoms with E-state index in [1.165, 1.54) is 4.90 Å². The number of morpholine rings is 1. The van der Waals surface area contributed by atoms with Gasteiger partial charge in [0.25, 0.3) is 5.91 Å². The minimum atomic E-state index is -1.05. The molecule has 0 bridgehead atoms. The molecule has 1 aromatic carbocycles. The summed E-state index contributed by atoms with van der Waals surface area (Å²) in [6, 6.07) is 9.14. The molecule has 1 aliphatic heterocycles. The van der Waals surface area contributed by atoms with Crippen molar-refractivity contribution in [3.63, 3.8) is 0 Å². The number of benzene rings is 1. The van der Waals surface area contributed by atoms with E-state index in [-0.39, 0.29) is 18.6 Å². The van der Waals surface area contributed by atoms with Crippen LogP contribution in [0.1, 0.15) is 28.7 Å². The molecule has 0 radical (unpaired) electrons. The molecule has 2 atom stereocenters. The summed E-state index contributed by atoms with van der Waals surface area (Å²) in [7, 11) is 0. The van der Waals surface area contributed by atoms with Gasteiger partial charge in [0.2, 0.25) is 0 Å². The molecule has 0 spiro atoms. The molecule has 2 heterocycles. The molecule has 1 aromatic heterocycles. The number of carbonyl (C=O) groups is 2. The third-order valence-corrected chi connectivity index (χ3v) is 4.19. The lowest BCUT2D eigenvalue weighted by molar-refractivity contribution is -0.160. The standard InChI is InChI=1S/C18H21N3O4/c1-11-8-12(2)21(19-11)15-6-4-14(5-7-15)17(22)20-9-13(3)25-16(10-20)18(23)24/h4-8,13,16H,9-10H2,1-3H3,(H,23,24)/t13-,16?/m1/s1. The van der Waals surface area contributed by atoms with Crippen molar-refractivity contribution in [1.29, 1.82) is 0 Å². The lowest BCUT2D eigenvalue weighted by Gasteiger charge is -2.35. The normalized spacial score (nSPS) is 20.5. The van der Waals surface area contributed by atoms with Crippen molar-refractivity contribution in [2.24, 2.45) is 0 Å². The number of nitrogens with zero attached hydrogens (tertiary/aromatic N) is 3. The second-order valence-electron chi connectivity index (χ2n) is 6.37. The number of ether oxygens (including phenoxy) is 1. The summed E-state index contributed by atoms with van der Waals surface area (Å²) in [5, 5.41) is 13.6. The summed E-state index contributed by atoms with van der Waals surface area (Å²) in [4.78, 5) is 25.4. The quantitative estimate of drug-likeness (QED) is 0.919. The topological polar surface area (TPSA) is 84.7 Å². The predicted octanol–water partition coefficient (Wildman–Crippen LogP) is 1.80. The Morgan fingerprint density at radius 2 is 1.88 bits per heavy atom. The highest BCUT2D eigenvalue weighted by atomic mass is 16.5. The molecular weight excluding hydrogens is 322 g/mol. The first-order valence-corrected chi connectivity index (χ1v) is 8.16. The fourth-order valence-electron chi connectivity index (χ4n) is 3.07. The van der Waals surface area contributed by atoms with Crippen LogP contribution in [-0.4, -0.2) is 57.0 Å². The number of hydrogen-bond acceptors (Lipinski definition) is 4. The number of carboxylic acids is 1. The number of amides is 1. The van der Waals surface area contributed by atoms with E-state index in [0.29, 0.717) is 12.1 Å². The summed E-state index contributed by atoms with van der Waals surface area (Å²) < 4.78 is 7.17. The molecule has 1 unspecified atom stereocenters.